The molecule has 0 saturated carbocycles. The van der Waals surface area contributed by atoms with Crippen LogP contribution >= 0.6 is 0 Å². The molecule has 0 radical (unpaired) electrons. The predicted octanol–water partition coefficient (Wildman–Crippen LogP) is 5.86. The van der Waals surface area contributed by atoms with E-state index in [1.54, 1.807) is 24.3 Å². The van der Waals surface area contributed by atoms with Gasteiger partial charge < -0.3 is 10.6 Å². The van der Waals surface area contributed by atoms with Crippen LogP contribution in [-0.2, 0) is 12.8 Å². The fourth-order valence-corrected chi connectivity index (χ4v) is 5.57. The molecule has 5 rings (SSSR count). The molecule has 184 valence electrons. The lowest BCUT2D eigenvalue weighted by molar-refractivity contribution is -0.173. The average Bonchev–Trinajstić information content (AvgIpc) is 3.41. The number of aromatic nitrogens is 2. The Morgan fingerprint density at radius 1 is 1.06 bits per heavy atom. The highest BCUT2D eigenvalue weighted by Crippen LogP contribution is 2.44. The van der Waals surface area contributed by atoms with E-state index in [-0.39, 0.29) is 17.8 Å². The minimum absolute atomic E-state index is 0.106. The summed E-state index contributed by atoms with van der Waals surface area (Å²) in [7, 11) is 0. The Labute approximate surface area is 202 Å². The van der Waals surface area contributed by atoms with Gasteiger partial charge in [0.1, 0.15) is 11.4 Å². The first kappa shape index (κ1) is 23.5. The molecule has 2 unspecified atom stereocenters. The molecule has 5 nitrogen and oxygen atoms in total. The molecule has 0 fully saturated rings. The highest BCUT2D eigenvalue weighted by molar-refractivity contribution is 5.99. The molecular formula is C27H29F3N4O. The Morgan fingerprint density at radius 3 is 2.31 bits per heavy atom. The molecule has 2 heterocycles. The van der Waals surface area contributed by atoms with E-state index >= 15 is 0 Å². The fourth-order valence-electron chi connectivity index (χ4n) is 5.57. The van der Waals surface area contributed by atoms with Crippen LogP contribution in [0.1, 0.15) is 65.8 Å². The Morgan fingerprint density at radius 2 is 1.69 bits per heavy atom. The number of halogens is 3. The SMILES string of the molecule is CC(C)(CC1Cc2ccccc2C1)NC(=O)c1cnn2c1NC(c1ccccc1)CC2C(F)(F)F. The van der Waals surface area contributed by atoms with Gasteiger partial charge in [-0.1, -0.05) is 54.6 Å². The van der Waals surface area contributed by atoms with E-state index < -0.39 is 29.7 Å². The van der Waals surface area contributed by atoms with Crippen LogP contribution in [0.5, 0.6) is 0 Å². The van der Waals surface area contributed by atoms with Gasteiger partial charge in [0.15, 0.2) is 6.04 Å². The van der Waals surface area contributed by atoms with Crippen molar-refractivity contribution < 1.29 is 18.0 Å². The number of hydrogen-bond donors (Lipinski definition) is 2. The summed E-state index contributed by atoms with van der Waals surface area (Å²) in [4.78, 5) is 13.3. The molecular weight excluding hydrogens is 453 g/mol. The van der Waals surface area contributed by atoms with E-state index in [0.29, 0.717) is 5.92 Å². The number of anilines is 1. The average molecular weight is 483 g/mol. The van der Waals surface area contributed by atoms with Crippen molar-refractivity contribution in [2.45, 2.75) is 63.3 Å². The second kappa shape index (κ2) is 8.73. The minimum atomic E-state index is -4.49. The first-order valence-electron chi connectivity index (χ1n) is 12.0. The van der Waals surface area contributed by atoms with Crippen molar-refractivity contribution in [1.82, 2.24) is 15.1 Å². The summed E-state index contributed by atoms with van der Waals surface area (Å²) in [6.45, 7) is 3.92. The van der Waals surface area contributed by atoms with Crippen LogP contribution in [0.2, 0.25) is 0 Å². The number of carbonyl (C=O) groups is 1. The quantitative estimate of drug-likeness (QED) is 0.479. The molecule has 1 aliphatic heterocycles. The summed E-state index contributed by atoms with van der Waals surface area (Å²) < 4.78 is 42.7. The first-order chi connectivity index (χ1) is 16.6. The Balaban J connectivity index is 1.35. The van der Waals surface area contributed by atoms with Crippen molar-refractivity contribution in [2.24, 2.45) is 5.92 Å². The monoisotopic (exact) mass is 482 g/mol. The summed E-state index contributed by atoms with van der Waals surface area (Å²) in [5.74, 6) is 0.0851. The first-order valence-corrected chi connectivity index (χ1v) is 12.0. The molecule has 35 heavy (non-hydrogen) atoms. The van der Waals surface area contributed by atoms with Crippen molar-refractivity contribution >= 4 is 11.7 Å². The van der Waals surface area contributed by atoms with E-state index in [2.05, 4.69) is 27.9 Å². The number of hydrogen-bond acceptors (Lipinski definition) is 3. The Bertz CT molecular complexity index is 1190. The normalized spacial score (nSPS) is 20.1. The topological polar surface area (TPSA) is 59.0 Å². The molecule has 0 saturated heterocycles. The van der Waals surface area contributed by atoms with Crippen LogP contribution in [0, 0.1) is 5.92 Å². The lowest BCUT2D eigenvalue weighted by Gasteiger charge is -2.34. The number of rotatable bonds is 5. The van der Waals surface area contributed by atoms with Crippen molar-refractivity contribution in [3.63, 3.8) is 0 Å². The fraction of sp³-hybridized carbons (Fsp3) is 0.407. The lowest BCUT2D eigenvalue weighted by Crippen LogP contribution is -2.45. The second-order valence-corrected chi connectivity index (χ2v) is 10.3. The summed E-state index contributed by atoms with van der Waals surface area (Å²) in [6, 6.07) is 15.0. The van der Waals surface area contributed by atoms with Gasteiger partial charge >= 0.3 is 6.18 Å². The molecule has 0 spiro atoms. The van der Waals surface area contributed by atoms with E-state index in [4.69, 9.17) is 0 Å². The summed E-state index contributed by atoms with van der Waals surface area (Å²) in [5.41, 5.74) is 3.03. The maximum atomic E-state index is 13.9. The third-order valence-corrected chi connectivity index (χ3v) is 7.07. The van der Waals surface area contributed by atoms with E-state index in [1.165, 1.54) is 17.3 Å². The number of amides is 1. The smallest absolute Gasteiger partial charge is 0.363 e. The van der Waals surface area contributed by atoms with Gasteiger partial charge in [-0.05, 0) is 55.7 Å². The van der Waals surface area contributed by atoms with Crippen LogP contribution in [-0.4, -0.2) is 27.4 Å². The minimum Gasteiger partial charge on any atom is -0.363 e. The number of alkyl halides is 3. The summed E-state index contributed by atoms with van der Waals surface area (Å²) >= 11 is 0. The van der Waals surface area contributed by atoms with E-state index in [0.717, 1.165) is 29.5 Å². The molecule has 0 bridgehead atoms. The standard InChI is InChI=1S/C27H29F3N4O/c1-26(2,15-17-12-19-10-6-7-11-20(19)13-17)33-25(35)21-16-31-34-23(27(28,29)30)14-22(32-24(21)34)18-8-4-3-5-9-18/h3-11,16-17,22-23,32H,12-15H2,1-2H3,(H,33,35). The second-order valence-electron chi connectivity index (χ2n) is 10.3. The van der Waals surface area contributed by atoms with Gasteiger partial charge in [0.2, 0.25) is 0 Å². The van der Waals surface area contributed by atoms with Crippen molar-refractivity contribution in [3.8, 4) is 0 Å². The number of nitrogens with one attached hydrogen (secondary N) is 2. The maximum Gasteiger partial charge on any atom is 0.410 e. The third kappa shape index (κ3) is 4.79. The van der Waals surface area contributed by atoms with Crippen LogP contribution in [0.4, 0.5) is 19.0 Å². The van der Waals surface area contributed by atoms with Crippen molar-refractivity contribution in [3.05, 3.63) is 83.0 Å². The zero-order chi connectivity index (χ0) is 24.8. The lowest BCUT2D eigenvalue weighted by atomic mass is 9.88. The predicted molar refractivity (Wildman–Crippen MR) is 128 cm³/mol. The van der Waals surface area contributed by atoms with Crippen LogP contribution in [0.3, 0.4) is 0 Å². The number of carbonyl (C=O) groups excluding carboxylic acids is 1. The van der Waals surface area contributed by atoms with E-state index in [9.17, 15) is 18.0 Å². The third-order valence-electron chi connectivity index (χ3n) is 7.07. The van der Waals surface area contributed by atoms with Gasteiger partial charge in [0.25, 0.3) is 5.91 Å². The molecule has 2 aliphatic rings. The van der Waals surface area contributed by atoms with Crippen LogP contribution < -0.4 is 10.6 Å². The Hall–Kier alpha value is -3.29. The van der Waals surface area contributed by atoms with Crippen LogP contribution in [0.15, 0.2) is 60.8 Å². The molecule has 2 aromatic carbocycles. The summed E-state index contributed by atoms with van der Waals surface area (Å²) in [5, 5.41) is 10.2. The van der Waals surface area contributed by atoms with Gasteiger partial charge in [-0.3, -0.25) is 4.79 Å². The summed E-state index contributed by atoms with van der Waals surface area (Å²) in [6.07, 6.45) is -0.747. The Kier molecular flexibility index (Phi) is 5.85. The highest BCUT2D eigenvalue weighted by atomic mass is 19.4. The number of nitrogens with zero attached hydrogens (tertiary/aromatic N) is 2. The molecule has 1 amide bonds. The molecule has 1 aliphatic carbocycles. The van der Waals surface area contributed by atoms with Crippen LogP contribution in [0.25, 0.3) is 0 Å². The van der Waals surface area contributed by atoms with Gasteiger partial charge in [0.05, 0.1) is 12.2 Å². The maximum absolute atomic E-state index is 13.9. The van der Waals surface area contributed by atoms with Gasteiger partial charge in [-0.2, -0.15) is 18.3 Å². The highest BCUT2D eigenvalue weighted by Gasteiger charge is 2.47. The number of fused-ring (bicyclic) bond motifs is 2. The zero-order valence-corrected chi connectivity index (χ0v) is 19.8. The molecule has 8 heteroatoms. The largest absolute Gasteiger partial charge is 0.410 e. The molecule has 1 aromatic heterocycles. The molecule has 2 atom stereocenters. The van der Waals surface area contributed by atoms with Gasteiger partial charge in [-0.25, -0.2) is 4.68 Å². The van der Waals surface area contributed by atoms with Gasteiger partial charge in [-0.15, -0.1) is 0 Å². The van der Waals surface area contributed by atoms with Crippen molar-refractivity contribution in [2.75, 3.05) is 5.32 Å². The van der Waals surface area contributed by atoms with Gasteiger partial charge in [0, 0.05) is 12.0 Å². The van der Waals surface area contributed by atoms with Crippen molar-refractivity contribution in [1.29, 1.82) is 0 Å². The van der Waals surface area contributed by atoms with E-state index in [1.807, 2.05) is 32.0 Å². The molecule has 3 aromatic rings. The zero-order valence-electron chi connectivity index (χ0n) is 19.8. The number of benzene rings is 2. The molecule has 2 N–H and O–H groups in total.